The van der Waals surface area contributed by atoms with Crippen molar-refractivity contribution in [1.29, 1.82) is 0 Å². The molecule has 2 aromatic rings. The van der Waals surface area contributed by atoms with E-state index in [9.17, 15) is 4.39 Å². The average Bonchev–Trinajstić information content (AvgIpc) is 2.65. The number of fused-ring (bicyclic) bond motifs is 2. The third-order valence-electron chi connectivity index (χ3n) is 5.32. The molecule has 0 N–H and O–H groups in total. The first-order valence-electron chi connectivity index (χ1n) is 9.20. The minimum absolute atomic E-state index is 0.208. The lowest BCUT2D eigenvalue weighted by Crippen LogP contribution is -2.44. The van der Waals surface area contributed by atoms with Crippen LogP contribution in [-0.2, 0) is 6.42 Å². The van der Waals surface area contributed by atoms with Gasteiger partial charge in [0.25, 0.3) is 0 Å². The number of amidine groups is 1. The van der Waals surface area contributed by atoms with Crippen LogP contribution in [0.25, 0.3) is 0 Å². The van der Waals surface area contributed by atoms with Gasteiger partial charge in [-0.2, -0.15) is 0 Å². The maximum Gasteiger partial charge on any atom is 0.125 e. The van der Waals surface area contributed by atoms with Crippen molar-refractivity contribution in [2.75, 3.05) is 44.8 Å². The molecule has 1 fully saturated rings. The molecule has 0 saturated carbocycles. The molecule has 136 valence electrons. The molecule has 0 radical (unpaired) electrons. The van der Waals surface area contributed by atoms with Crippen molar-refractivity contribution < 1.29 is 4.39 Å². The Kier molecular flexibility index (Phi) is 4.74. The zero-order valence-corrected chi connectivity index (χ0v) is 15.5. The lowest BCUT2D eigenvalue weighted by molar-refractivity contribution is 0.158. The van der Waals surface area contributed by atoms with Crippen molar-refractivity contribution >= 4 is 17.2 Å². The van der Waals surface area contributed by atoms with E-state index in [0.717, 1.165) is 55.4 Å². The lowest BCUT2D eigenvalue weighted by atomic mass is 9.95. The quantitative estimate of drug-likeness (QED) is 0.610. The second-order valence-electron chi connectivity index (χ2n) is 7.18. The van der Waals surface area contributed by atoms with E-state index < -0.39 is 0 Å². The SMILES string of the molecule is CC(=NCN1CCN(C)CC1)N1c2ccccc2Cc2ccc(F)cc21. The van der Waals surface area contributed by atoms with E-state index in [2.05, 4.69) is 39.9 Å². The molecule has 2 aromatic carbocycles. The number of halogens is 1. The smallest absolute Gasteiger partial charge is 0.125 e. The predicted octanol–water partition coefficient (Wildman–Crippen LogP) is 3.49. The van der Waals surface area contributed by atoms with Crippen molar-refractivity contribution in [3.8, 4) is 0 Å². The van der Waals surface area contributed by atoms with Gasteiger partial charge in [0, 0.05) is 32.6 Å². The highest BCUT2D eigenvalue weighted by molar-refractivity contribution is 6.05. The monoisotopic (exact) mass is 352 g/mol. The third-order valence-corrected chi connectivity index (χ3v) is 5.32. The Balaban J connectivity index is 1.64. The molecule has 0 amide bonds. The molecule has 0 bridgehead atoms. The summed E-state index contributed by atoms with van der Waals surface area (Å²) in [6, 6.07) is 13.4. The summed E-state index contributed by atoms with van der Waals surface area (Å²) in [7, 11) is 2.15. The molecule has 0 unspecified atom stereocenters. The van der Waals surface area contributed by atoms with Gasteiger partial charge in [0.15, 0.2) is 0 Å². The molecule has 2 aliphatic rings. The van der Waals surface area contributed by atoms with E-state index in [4.69, 9.17) is 4.99 Å². The summed E-state index contributed by atoms with van der Waals surface area (Å²) in [6.45, 7) is 6.93. The van der Waals surface area contributed by atoms with Gasteiger partial charge in [0.1, 0.15) is 11.7 Å². The summed E-state index contributed by atoms with van der Waals surface area (Å²) >= 11 is 0. The van der Waals surface area contributed by atoms with Gasteiger partial charge in [-0.1, -0.05) is 24.3 Å². The fourth-order valence-corrected chi connectivity index (χ4v) is 3.72. The number of hydrogen-bond acceptors (Lipinski definition) is 3. The zero-order valence-electron chi connectivity index (χ0n) is 15.5. The summed E-state index contributed by atoms with van der Waals surface area (Å²) in [4.78, 5) is 11.7. The van der Waals surface area contributed by atoms with Gasteiger partial charge < -0.3 is 4.90 Å². The van der Waals surface area contributed by atoms with Crippen LogP contribution in [0.3, 0.4) is 0 Å². The highest BCUT2D eigenvalue weighted by Crippen LogP contribution is 2.39. The lowest BCUT2D eigenvalue weighted by Gasteiger charge is -2.34. The maximum absolute atomic E-state index is 13.9. The second kappa shape index (κ2) is 7.17. The Bertz CT molecular complexity index is 825. The van der Waals surface area contributed by atoms with E-state index in [1.807, 2.05) is 19.1 Å². The highest BCUT2D eigenvalue weighted by atomic mass is 19.1. The molecular weight excluding hydrogens is 327 g/mol. The standard InChI is InChI=1S/C21H25FN4/c1-16(23-15-25-11-9-24(2)10-12-25)26-20-6-4-3-5-17(20)13-18-7-8-19(22)14-21(18)26/h3-8,14H,9-13,15H2,1-2H3. The number of anilines is 2. The van der Waals surface area contributed by atoms with Gasteiger partial charge in [-0.25, -0.2) is 4.39 Å². The molecule has 0 aliphatic carbocycles. The number of benzene rings is 2. The van der Waals surface area contributed by atoms with E-state index in [1.165, 1.54) is 5.56 Å². The van der Waals surface area contributed by atoms with Gasteiger partial charge in [-0.15, -0.1) is 0 Å². The molecule has 4 nitrogen and oxygen atoms in total. The first kappa shape index (κ1) is 17.2. The molecule has 2 aliphatic heterocycles. The van der Waals surface area contributed by atoms with Crippen LogP contribution in [-0.4, -0.2) is 55.5 Å². The minimum atomic E-state index is -0.208. The van der Waals surface area contributed by atoms with E-state index in [-0.39, 0.29) is 5.82 Å². The summed E-state index contributed by atoms with van der Waals surface area (Å²) in [5, 5.41) is 0. The summed E-state index contributed by atoms with van der Waals surface area (Å²) < 4.78 is 13.9. The third kappa shape index (κ3) is 3.37. The van der Waals surface area contributed by atoms with Crippen LogP contribution in [0.15, 0.2) is 47.5 Å². The van der Waals surface area contributed by atoms with E-state index >= 15 is 0 Å². The largest absolute Gasteiger partial charge is 0.304 e. The first-order valence-corrected chi connectivity index (χ1v) is 9.20. The molecule has 0 aromatic heterocycles. The van der Waals surface area contributed by atoms with Crippen molar-refractivity contribution in [3.05, 3.63) is 59.4 Å². The average molecular weight is 352 g/mol. The zero-order chi connectivity index (χ0) is 18.1. The van der Waals surface area contributed by atoms with Crippen LogP contribution in [0.4, 0.5) is 15.8 Å². The Labute approximate surface area is 154 Å². The van der Waals surface area contributed by atoms with Crippen LogP contribution in [0.1, 0.15) is 18.1 Å². The number of piperazine rings is 1. The topological polar surface area (TPSA) is 22.1 Å². The number of aliphatic imine (C=N–C) groups is 1. The maximum atomic E-state index is 13.9. The summed E-state index contributed by atoms with van der Waals surface area (Å²) in [5.74, 6) is 0.697. The molecule has 2 heterocycles. The van der Waals surface area contributed by atoms with E-state index in [1.54, 1.807) is 12.1 Å². The fraction of sp³-hybridized carbons (Fsp3) is 0.381. The Morgan fingerprint density at radius 3 is 2.54 bits per heavy atom. The first-order chi connectivity index (χ1) is 12.6. The number of para-hydroxylation sites is 1. The molecule has 5 heteroatoms. The van der Waals surface area contributed by atoms with Gasteiger partial charge in [-0.3, -0.25) is 14.8 Å². The molecule has 26 heavy (non-hydrogen) atoms. The van der Waals surface area contributed by atoms with E-state index in [0.29, 0.717) is 6.67 Å². The van der Waals surface area contributed by atoms with Crippen LogP contribution in [0, 0.1) is 5.82 Å². The van der Waals surface area contributed by atoms with Crippen molar-refractivity contribution in [2.45, 2.75) is 13.3 Å². The van der Waals surface area contributed by atoms with Crippen molar-refractivity contribution in [1.82, 2.24) is 9.80 Å². The molecule has 1 saturated heterocycles. The summed E-state index contributed by atoms with van der Waals surface area (Å²) in [6.07, 6.45) is 0.827. The van der Waals surface area contributed by atoms with Gasteiger partial charge in [0.05, 0.1) is 18.0 Å². The normalized spacial score (nSPS) is 18.6. The van der Waals surface area contributed by atoms with Gasteiger partial charge in [-0.05, 0) is 43.3 Å². The van der Waals surface area contributed by atoms with Crippen LogP contribution < -0.4 is 4.90 Å². The van der Waals surface area contributed by atoms with Gasteiger partial charge >= 0.3 is 0 Å². The van der Waals surface area contributed by atoms with Crippen molar-refractivity contribution in [3.63, 3.8) is 0 Å². The Morgan fingerprint density at radius 2 is 1.73 bits per heavy atom. The van der Waals surface area contributed by atoms with Gasteiger partial charge in [0.2, 0.25) is 0 Å². The van der Waals surface area contributed by atoms with Crippen LogP contribution >= 0.6 is 0 Å². The number of rotatable bonds is 2. The minimum Gasteiger partial charge on any atom is -0.304 e. The molecule has 0 atom stereocenters. The Morgan fingerprint density at radius 1 is 1.00 bits per heavy atom. The fourth-order valence-electron chi connectivity index (χ4n) is 3.72. The second-order valence-corrected chi connectivity index (χ2v) is 7.18. The molecular formula is C21H25FN4. The molecule has 4 rings (SSSR count). The number of hydrogen-bond donors (Lipinski definition) is 0. The number of nitrogens with zero attached hydrogens (tertiary/aromatic N) is 4. The van der Waals surface area contributed by atoms with Crippen LogP contribution in [0.5, 0.6) is 0 Å². The highest BCUT2D eigenvalue weighted by Gasteiger charge is 2.25. The predicted molar refractivity (Wildman–Crippen MR) is 105 cm³/mol. The molecule has 0 spiro atoms. The number of likely N-dealkylation sites (N-methyl/N-ethyl adjacent to an activating group) is 1. The van der Waals surface area contributed by atoms with Crippen molar-refractivity contribution in [2.24, 2.45) is 4.99 Å². The van der Waals surface area contributed by atoms with Crippen LogP contribution in [0.2, 0.25) is 0 Å². The summed E-state index contributed by atoms with van der Waals surface area (Å²) in [5.41, 5.74) is 4.40. The Hall–Kier alpha value is -2.24.